The Bertz CT molecular complexity index is 538. The van der Waals surface area contributed by atoms with Gasteiger partial charge in [0.1, 0.15) is 5.15 Å². The van der Waals surface area contributed by atoms with Crippen molar-refractivity contribution in [1.29, 1.82) is 0 Å². The molecule has 1 aromatic heterocycles. The highest BCUT2D eigenvalue weighted by Crippen LogP contribution is 2.11. The van der Waals surface area contributed by atoms with Crippen LogP contribution in [-0.2, 0) is 6.54 Å². The summed E-state index contributed by atoms with van der Waals surface area (Å²) in [5.41, 5.74) is 2.14. The van der Waals surface area contributed by atoms with Crippen LogP contribution in [0.5, 0.6) is 0 Å². The van der Waals surface area contributed by atoms with Crippen LogP contribution in [0.3, 0.4) is 0 Å². The summed E-state index contributed by atoms with van der Waals surface area (Å²) in [6.45, 7) is 0.600. The van der Waals surface area contributed by atoms with Crippen LogP contribution in [0, 0.1) is 0 Å². The summed E-state index contributed by atoms with van der Waals surface area (Å²) in [7, 11) is 0. The van der Waals surface area contributed by atoms with Crippen LogP contribution in [0.25, 0.3) is 0 Å². The van der Waals surface area contributed by atoms with Gasteiger partial charge in [0.05, 0.1) is 17.4 Å². The summed E-state index contributed by atoms with van der Waals surface area (Å²) in [6, 6.07) is 10.3. The first-order valence-corrected chi connectivity index (χ1v) is 5.70. The Hall–Kier alpha value is -2.07. The van der Waals surface area contributed by atoms with E-state index in [0.29, 0.717) is 11.7 Å². The highest BCUT2D eigenvalue weighted by atomic mass is 35.5. The molecule has 92 valence electrons. The Kier molecular flexibility index (Phi) is 3.79. The second kappa shape index (κ2) is 5.51. The van der Waals surface area contributed by atoms with E-state index in [9.17, 15) is 4.79 Å². The average molecular weight is 263 g/mol. The number of anilines is 1. The van der Waals surface area contributed by atoms with Crippen LogP contribution >= 0.6 is 11.6 Å². The van der Waals surface area contributed by atoms with E-state index in [1.165, 1.54) is 0 Å². The van der Waals surface area contributed by atoms with E-state index >= 15 is 0 Å². The van der Waals surface area contributed by atoms with E-state index in [4.69, 9.17) is 16.7 Å². The fourth-order valence-corrected chi connectivity index (χ4v) is 1.56. The predicted molar refractivity (Wildman–Crippen MR) is 70.0 cm³/mol. The normalized spacial score (nSPS) is 10.1. The zero-order valence-corrected chi connectivity index (χ0v) is 10.2. The molecule has 0 aliphatic heterocycles. The first-order chi connectivity index (χ1) is 8.65. The molecular formula is C13H11ClN2O2. The standard InChI is InChI=1S/C13H11ClN2O2/c14-12-6-5-11(8-16-12)15-7-9-1-3-10(4-2-9)13(17)18/h1-6,8,15H,7H2,(H,17,18). The van der Waals surface area contributed by atoms with Crippen LogP contribution in [0.4, 0.5) is 5.69 Å². The summed E-state index contributed by atoms with van der Waals surface area (Å²) >= 11 is 5.68. The molecule has 0 spiro atoms. The number of carbonyl (C=O) groups is 1. The van der Waals surface area contributed by atoms with Crippen molar-refractivity contribution in [1.82, 2.24) is 4.98 Å². The molecule has 0 unspecified atom stereocenters. The molecule has 0 radical (unpaired) electrons. The minimum Gasteiger partial charge on any atom is -0.478 e. The number of carboxylic acid groups (broad SMARTS) is 1. The van der Waals surface area contributed by atoms with Crippen molar-refractivity contribution in [2.24, 2.45) is 0 Å². The van der Waals surface area contributed by atoms with Crippen molar-refractivity contribution in [2.75, 3.05) is 5.32 Å². The van der Waals surface area contributed by atoms with E-state index in [2.05, 4.69) is 10.3 Å². The zero-order valence-electron chi connectivity index (χ0n) is 9.43. The van der Waals surface area contributed by atoms with E-state index in [-0.39, 0.29) is 5.56 Å². The number of carboxylic acids is 1. The molecule has 2 aromatic rings. The summed E-state index contributed by atoms with van der Waals surface area (Å²) in [5.74, 6) is -0.920. The molecule has 5 heteroatoms. The Labute approximate surface area is 109 Å². The molecular weight excluding hydrogens is 252 g/mol. The third-order valence-corrected chi connectivity index (χ3v) is 2.65. The van der Waals surface area contributed by atoms with Crippen LogP contribution in [-0.4, -0.2) is 16.1 Å². The van der Waals surface area contributed by atoms with Gasteiger partial charge in [-0.2, -0.15) is 0 Å². The first-order valence-electron chi connectivity index (χ1n) is 5.33. The number of halogens is 1. The lowest BCUT2D eigenvalue weighted by Gasteiger charge is -2.06. The molecule has 0 bridgehead atoms. The summed E-state index contributed by atoms with van der Waals surface area (Å²) in [5, 5.41) is 12.4. The Balaban J connectivity index is 1.97. The third-order valence-electron chi connectivity index (χ3n) is 2.42. The quantitative estimate of drug-likeness (QED) is 0.832. The number of nitrogens with zero attached hydrogens (tertiary/aromatic N) is 1. The average Bonchev–Trinajstić information content (AvgIpc) is 2.38. The third kappa shape index (κ3) is 3.21. The number of hydrogen-bond donors (Lipinski definition) is 2. The second-order valence-electron chi connectivity index (χ2n) is 3.73. The molecule has 0 aliphatic carbocycles. The van der Waals surface area contributed by atoms with Crippen molar-refractivity contribution in [3.63, 3.8) is 0 Å². The number of pyridine rings is 1. The van der Waals surface area contributed by atoms with Gasteiger partial charge in [0, 0.05) is 6.54 Å². The van der Waals surface area contributed by atoms with Crippen molar-refractivity contribution < 1.29 is 9.90 Å². The first kappa shape index (κ1) is 12.4. The Morgan fingerprint density at radius 3 is 2.50 bits per heavy atom. The van der Waals surface area contributed by atoms with Crippen LogP contribution in [0.2, 0.25) is 5.15 Å². The van der Waals surface area contributed by atoms with Gasteiger partial charge in [-0.3, -0.25) is 0 Å². The SMILES string of the molecule is O=C(O)c1ccc(CNc2ccc(Cl)nc2)cc1. The zero-order chi connectivity index (χ0) is 13.0. The molecule has 18 heavy (non-hydrogen) atoms. The van der Waals surface area contributed by atoms with Gasteiger partial charge in [0.15, 0.2) is 0 Å². The van der Waals surface area contributed by atoms with E-state index in [1.54, 1.807) is 36.5 Å². The van der Waals surface area contributed by atoms with Gasteiger partial charge in [0.25, 0.3) is 0 Å². The fraction of sp³-hybridized carbons (Fsp3) is 0.0769. The minimum atomic E-state index is -0.920. The maximum atomic E-state index is 10.7. The van der Waals surface area contributed by atoms with E-state index < -0.39 is 5.97 Å². The predicted octanol–water partition coefficient (Wildman–Crippen LogP) is 3.05. The fourth-order valence-electron chi connectivity index (χ4n) is 1.45. The lowest BCUT2D eigenvalue weighted by Crippen LogP contribution is -2.01. The number of aromatic carboxylic acids is 1. The summed E-state index contributed by atoms with van der Waals surface area (Å²) in [6.07, 6.45) is 1.65. The van der Waals surface area contributed by atoms with Crippen molar-refractivity contribution >= 4 is 23.3 Å². The lowest BCUT2D eigenvalue weighted by molar-refractivity contribution is 0.0697. The smallest absolute Gasteiger partial charge is 0.335 e. The van der Waals surface area contributed by atoms with Crippen LogP contribution in [0.1, 0.15) is 15.9 Å². The molecule has 2 rings (SSSR count). The topological polar surface area (TPSA) is 62.2 Å². The largest absolute Gasteiger partial charge is 0.478 e. The van der Waals surface area contributed by atoms with E-state index in [0.717, 1.165) is 11.3 Å². The van der Waals surface area contributed by atoms with Gasteiger partial charge < -0.3 is 10.4 Å². The molecule has 0 aliphatic rings. The number of aromatic nitrogens is 1. The maximum absolute atomic E-state index is 10.7. The molecule has 2 N–H and O–H groups in total. The monoisotopic (exact) mass is 262 g/mol. The summed E-state index contributed by atoms with van der Waals surface area (Å²) < 4.78 is 0. The maximum Gasteiger partial charge on any atom is 0.335 e. The lowest BCUT2D eigenvalue weighted by atomic mass is 10.1. The molecule has 4 nitrogen and oxygen atoms in total. The number of benzene rings is 1. The van der Waals surface area contributed by atoms with Gasteiger partial charge >= 0.3 is 5.97 Å². The Morgan fingerprint density at radius 1 is 1.22 bits per heavy atom. The van der Waals surface area contributed by atoms with Gasteiger partial charge in [-0.05, 0) is 29.8 Å². The molecule has 0 atom stereocenters. The van der Waals surface area contributed by atoms with Crippen LogP contribution < -0.4 is 5.32 Å². The molecule has 0 saturated heterocycles. The van der Waals surface area contributed by atoms with Gasteiger partial charge in [-0.15, -0.1) is 0 Å². The second-order valence-corrected chi connectivity index (χ2v) is 4.11. The van der Waals surface area contributed by atoms with Crippen molar-refractivity contribution in [3.05, 3.63) is 58.9 Å². The molecule has 1 aromatic carbocycles. The summed E-state index contributed by atoms with van der Waals surface area (Å²) in [4.78, 5) is 14.6. The number of nitrogens with one attached hydrogen (secondary N) is 1. The molecule has 0 saturated carbocycles. The highest BCUT2D eigenvalue weighted by molar-refractivity contribution is 6.29. The van der Waals surface area contributed by atoms with Crippen molar-refractivity contribution in [3.8, 4) is 0 Å². The molecule has 0 amide bonds. The van der Waals surface area contributed by atoms with Crippen LogP contribution in [0.15, 0.2) is 42.6 Å². The van der Waals surface area contributed by atoms with Gasteiger partial charge in [0.2, 0.25) is 0 Å². The number of rotatable bonds is 4. The number of hydrogen-bond acceptors (Lipinski definition) is 3. The van der Waals surface area contributed by atoms with E-state index in [1.807, 2.05) is 6.07 Å². The van der Waals surface area contributed by atoms with Gasteiger partial charge in [-0.25, -0.2) is 9.78 Å². The minimum absolute atomic E-state index is 0.284. The van der Waals surface area contributed by atoms with Gasteiger partial charge in [-0.1, -0.05) is 23.7 Å². The molecule has 0 fully saturated rings. The molecule has 1 heterocycles. The highest BCUT2D eigenvalue weighted by Gasteiger charge is 2.01. The van der Waals surface area contributed by atoms with Crippen molar-refractivity contribution in [2.45, 2.75) is 6.54 Å². The Morgan fingerprint density at radius 2 is 1.94 bits per heavy atom.